The van der Waals surface area contributed by atoms with Crippen molar-refractivity contribution in [2.75, 3.05) is 6.54 Å². The maximum absolute atomic E-state index is 10.4. The molecule has 1 aliphatic rings. The summed E-state index contributed by atoms with van der Waals surface area (Å²) in [7, 11) is 0. The van der Waals surface area contributed by atoms with Crippen molar-refractivity contribution in [2.24, 2.45) is 16.5 Å². The summed E-state index contributed by atoms with van der Waals surface area (Å²) < 4.78 is 0. The molecular weight excluding hydrogens is 172 g/mol. The van der Waals surface area contributed by atoms with Crippen molar-refractivity contribution in [3.8, 4) is 0 Å². The second kappa shape index (κ2) is 4.08. The Kier molecular flexibility index (Phi) is 3.07. The summed E-state index contributed by atoms with van der Waals surface area (Å²) >= 11 is 0. The smallest absolute Gasteiger partial charge is 0.320 e. The zero-order chi connectivity index (χ0) is 9.84. The number of carboxylic acid groups (broad SMARTS) is 1. The Morgan fingerprint density at radius 2 is 2.54 bits per heavy atom. The molecule has 6 heteroatoms. The quantitative estimate of drug-likeness (QED) is 0.427. The average Bonchev–Trinajstić information content (AvgIpc) is 2.04. The van der Waals surface area contributed by atoms with Crippen LogP contribution >= 0.6 is 0 Å². The standard InChI is InChI=1S/C7H14N4O2/c8-5(6(12)13)3-4-1-2-10-7(9)11-4/h4-5H,1-3,8H2,(H,12,13)(H3,9,10,11). The first-order valence-corrected chi connectivity index (χ1v) is 4.14. The third-order valence-electron chi connectivity index (χ3n) is 1.97. The largest absolute Gasteiger partial charge is 0.480 e. The average molecular weight is 186 g/mol. The summed E-state index contributed by atoms with van der Waals surface area (Å²) in [5.74, 6) is -0.614. The van der Waals surface area contributed by atoms with Gasteiger partial charge in [-0.1, -0.05) is 0 Å². The van der Waals surface area contributed by atoms with E-state index in [2.05, 4.69) is 10.3 Å². The molecule has 74 valence electrons. The summed E-state index contributed by atoms with van der Waals surface area (Å²) in [5.41, 5.74) is 10.8. The molecule has 6 N–H and O–H groups in total. The molecule has 0 saturated heterocycles. The Labute approximate surface area is 76.0 Å². The molecule has 13 heavy (non-hydrogen) atoms. The Balaban J connectivity index is 2.38. The van der Waals surface area contributed by atoms with Crippen LogP contribution in [0.15, 0.2) is 4.99 Å². The van der Waals surface area contributed by atoms with E-state index in [1.54, 1.807) is 0 Å². The van der Waals surface area contributed by atoms with E-state index >= 15 is 0 Å². The normalized spacial score (nSPS) is 24.4. The summed E-state index contributed by atoms with van der Waals surface area (Å²) in [6.07, 6.45) is 1.16. The number of hydrogen-bond acceptors (Lipinski definition) is 5. The minimum Gasteiger partial charge on any atom is -0.480 e. The molecule has 0 aromatic rings. The number of nitrogens with one attached hydrogen (secondary N) is 1. The van der Waals surface area contributed by atoms with Gasteiger partial charge in [-0.3, -0.25) is 9.79 Å². The zero-order valence-electron chi connectivity index (χ0n) is 7.23. The first-order chi connectivity index (χ1) is 6.09. The highest BCUT2D eigenvalue weighted by molar-refractivity contribution is 5.79. The zero-order valence-corrected chi connectivity index (χ0v) is 7.23. The Hall–Kier alpha value is -1.30. The predicted molar refractivity (Wildman–Crippen MR) is 48.3 cm³/mol. The second-order valence-electron chi connectivity index (χ2n) is 3.08. The van der Waals surface area contributed by atoms with Crippen LogP contribution in [0.5, 0.6) is 0 Å². The van der Waals surface area contributed by atoms with Gasteiger partial charge in [0.25, 0.3) is 0 Å². The lowest BCUT2D eigenvalue weighted by molar-refractivity contribution is -0.138. The Morgan fingerprint density at radius 3 is 3.08 bits per heavy atom. The maximum Gasteiger partial charge on any atom is 0.320 e. The maximum atomic E-state index is 10.4. The van der Waals surface area contributed by atoms with Crippen molar-refractivity contribution in [3.05, 3.63) is 0 Å². The number of rotatable bonds is 3. The van der Waals surface area contributed by atoms with Crippen LogP contribution in [-0.4, -0.2) is 35.7 Å². The first kappa shape index (κ1) is 9.79. The fraction of sp³-hybridized carbons (Fsp3) is 0.714. The fourth-order valence-corrected chi connectivity index (χ4v) is 1.25. The molecule has 0 spiro atoms. The van der Waals surface area contributed by atoms with Crippen molar-refractivity contribution >= 4 is 11.9 Å². The molecule has 2 atom stereocenters. The Bertz CT molecular complexity index is 229. The molecule has 0 saturated carbocycles. The van der Waals surface area contributed by atoms with Crippen LogP contribution in [0.1, 0.15) is 12.8 Å². The van der Waals surface area contributed by atoms with Gasteiger partial charge in [-0.2, -0.15) is 0 Å². The van der Waals surface area contributed by atoms with E-state index in [4.69, 9.17) is 16.6 Å². The molecule has 0 fully saturated rings. The second-order valence-corrected chi connectivity index (χ2v) is 3.08. The van der Waals surface area contributed by atoms with Crippen molar-refractivity contribution in [2.45, 2.75) is 24.9 Å². The van der Waals surface area contributed by atoms with Gasteiger partial charge in [-0.25, -0.2) is 0 Å². The van der Waals surface area contributed by atoms with E-state index in [1.165, 1.54) is 0 Å². The lowest BCUT2D eigenvalue weighted by Gasteiger charge is -2.23. The van der Waals surface area contributed by atoms with Crippen LogP contribution in [0.2, 0.25) is 0 Å². The number of aliphatic carboxylic acids is 1. The minimum atomic E-state index is -0.983. The molecule has 2 unspecified atom stereocenters. The van der Waals surface area contributed by atoms with Gasteiger partial charge in [0, 0.05) is 12.6 Å². The van der Waals surface area contributed by atoms with Crippen molar-refractivity contribution in [1.29, 1.82) is 0 Å². The molecule has 0 bridgehead atoms. The van der Waals surface area contributed by atoms with Crippen LogP contribution in [0.3, 0.4) is 0 Å². The van der Waals surface area contributed by atoms with Gasteiger partial charge in [-0.05, 0) is 12.8 Å². The van der Waals surface area contributed by atoms with Crippen LogP contribution in [0, 0.1) is 0 Å². The van der Waals surface area contributed by atoms with Crippen molar-refractivity contribution in [1.82, 2.24) is 5.32 Å². The summed E-state index contributed by atoms with van der Waals surface area (Å²) in [6, 6.07) is -0.799. The lowest BCUT2D eigenvalue weighted by atomic mass is 10.0. The van der Waals surface area contributed by atoms with Gasteiger partial charge in [-0.15, -0.1) is 0 Å². The van der Waals surface area contributed by atoms with E-state index in [0.717, 1.165) is 6.42 Å². The van der Waals surface area contributed by atoms with E-state index in [-0.39, 0.29) is 6.04 Å². The summed E-state index contributed by atoms with van der Waals surface area (Å²) in [6.45, 7) is 0.635. The molecule has 0 aliphatic carbocycles. The minimum absolute atomic E-state index is 0.0311. The van der Waals surface area contributed by atoms with E-state index < -0.39 is 12.0 Å². The molecule has 1 rings (SSSR count). The number of carboxylic acids is 1. The van der Waals surface area contributed by atoms with Gasteiger partial charge in [0.15, 0.2) is 5.96 Å². The van der Waals surface area contributed by atoms with Crippen molar-refractivity contribution in [3.63, 3.8) is 0 Å². The lowest BCUT2D eigenvalue weighted by Crippen LogP contribution is -2.47. The molecule has 6 nitrogen and oxygen atoms in total. The molecule has 0 aromatic heterocycles. The Morgan fingerprint density at radius 1 is 1.85 bits per heavy atom. The first-order valence-electron chi connectivity index (χ1n) is 4.14. The highest BCUT2D eigenvalue weighted by atomic mass is 16.4. The number of carbonyl (C=O) groups is 1. The fourth-order valence-electron chi connectivity index (χ4n) is 1.25. The van der Waals surface area contributed by atoms with Crippen molar-refractivity contribution < 1.29 is 9.90 Å². The van der Waals surface area contributed by atoms with E-state index in [0.29, 0.717) is 18.9 Å². The third kappa shape index (κ3) is 2.90. The number of aliphatic imine (C=N–C) groups is 1. The molecule has 1 aliphatic heterocycles. The monoisotopic (exact) mass is 186 g/mol. The van der Waals surface area contributed by atoms with Gasteiger partial charge in [0.05, 0.1) is 0 Å². The number of nitrogens with two attached hydrogens (primary N) is 2. The topological polar surface area (TPSA) is 114 Å². The number of guanidine groups is 1. The SMILES string of the molecule is NC1=NCCC(CC(N)C(=O)O)N1. The molecule has 1 heterocycles. The number of hydrogen-bond donors (Lipinski definition) is 4. The van der Waals surface area contributed by atoms with Gasteiger partial charge >= 0.3 is 5.97 Å². The van der Waals surface area contributed by atoms with E-state index in [1.807, 2.05) is 0 Å². The highest BCUT2D eigenvalue weighted by Crippen LogP contribution is 2.05. The highest BCUT2D eigenvalue weighted by Gasteiger charge is 2.20. The van der Waals surface area contributed by atoms with Crippen LogP contribution in [-0.2, 0) is 4.79 Å². The van der Waals surface area contributed by atoms with Crippen LogP contribution in [0.4, 0.5) is 0 Å². The third-order valence-corrected chi connectivity index (χ3v) is 1.97. The molecule has 0 amide bonds. The van der Waals surface area contributed by atoms with E-state index in [9.17, 15) is 4.79 Å². The molecular formula is C7H14N4O2. The molecule has 0 radical (unpaired) electrons. The van der Waals surface area contributed by atoms with Gasteiger partial charge < -0.3 is 21.9 Å². The summed E-state index contributed by atoms with van der Waals surface area (Å²) in [5, 5.41) is 11.5. The summed E-state index contributed by atoms with van der Waals surface area (Å²) in [4.78, 5) is 14.4. The molecule has 0 aromatic carbocycles. The number of nitrogens with zero attached hydrogens (tertiary/aromatic N) is 1. The van der Waals surface area contributed by atoms with Gasteiger partial charge in [0.2, 0.25) is 0 Å². The van der Waals surface area contributed by atoms with Crippen LogP contribution < -0.4 is 16.8 Å². The predicted octanol–water partition coefficient (Wildman–Crippen LogP) is -1.53. The van der Waals surface area contributed by atoms with Crippen LogP contribution in [0.25, 0.3) is 0 Å². The van der Waals surface area contributed by atoms with Gasteiger partial charge in [0.1, 0.15) is 6.04 Å².